The third kappa shape index (κ3) is 2.21. The normalized spacial score (nSPS) is 19.3. The molecule has 1 aromatic carbocycles. The van der Waals surface area contributed by atoms with E-state index in [4.69, 9.17) is 15.7 Å². The monoisotopic (exact) mass is 247 g/mol. The fourth-order valence-electron chi connectivity index (χ4n) is 1.82. The third-order valence-corrected chi connectivity index (χ3v) is 2.80. The summed E-state index contributed by atoms with van der Waals surface area (Å²) in [6.07, 6.45) is -0.620. The lowest BCUT2D eigenvalue weighted by Crippen LogP contribution is -2.45. The summed E-state index contributed by atoms with van der Waals surface area (Å²) in [5.74, 6) is -0.564. The summed E-state index contributed by atoms with van der Waals surface area (Å²) in [5, 5.41) is 18.5. The van der Waals surface area contributed by atoms with E-state index in [1.165, 1.54) is 17.0 Å². The number of amides is 1. The molecule has 1 aliphatic rings. The number of nitrogens with two attached hydrogens (primary N) is 1. The smallest absolute Gasteiger partial charge is 0.257 e. The van der Waals surface area contributed by atoms with Crippen molar-refractivity contribution in [2.75, 3.05) is 25.4 Å². The molecule has 1 aliphatic heterocycles. The van der Waals surface area contributed by atoms with Crippen LogP contribution in [-0.2, 0) is 4.74 Å². The zero-order valence-corrected chi connectivity index (χ0v) is 9.67. The van der Waals surface area contributed by atoms with Gasteiger partial charge in [-0.15, -0.1) is 0 Å². The van der Waals surface area contributed by atoms with Crippen molar-refractivity contribution in [1.29, 1.82) is 5.26 Å². The number of carbonyl (C=O) groups is 1. The van der Waals surface area contributed by atoms with Gasteiger partial charge in [0.2, 0.25) is 0 Å². The number of aromatic hydroxyl groups is 1. The van der Waals surface area contributed by atoms with Gasteiger partial charge in [0.1, 0.15) is 0 Å². The summed E-state index contributed by atoms with van der Waals surface area (Å²) in [7, 11) is 0. The Kier molecular flexibility index (Phi) is 3.35. The van der Waals surface area contributed by atoms with E-state index in [2.05, 4.69) is 0 Å². The molecule has 1 fully saturated rings. The van der Waals surface area contributed by atoms with Crippen LogP contribution in [0.25, 0.3) is 0 Å². The molecule has 0 saturated carbocycles. The van der Waals surface area contributed by atoms with E-state index in [-0.39, 0.29) is 29.5 Å². The van der Waals surface area contributed by atoms with Crippen molar-refractivity contribution in [3.05, 3.63) is 23.8 Å². The molecule has 1 aromatic rings. The van der Waals surface area contributed by atoms with Crippen molar-refractivity contribution in [3.63, 3.8) is 0 Å². The lowest BCUT2D eigenvalue weighted by atomic mass is 10.1. The summed E-state index contributed by atoms with van der Waals surface area (Å²) < 4.78 is 5.16. The van der Waals surface area contributed by atoms with Crippen LogP contribution in [-0.4, -0.2) is 41.7 Å². The summed E-state index contributed by atoms with van der Waals surface area (Å²) in [6.45, 7) is 0.905. The Hall–Kier alpha value is -2.26. The number of ether oxygens (including phenoxy) is 1. The zero-order valence-electron chi connectivity index (χ0n) is 9.67. The standard InChI is InChI=1S/C12H13N3O3/c13-6-8-7-15(4-5-18-8)12(17)9-2-1-3-10(14)11(9)16/h1-3,8,16H,4-5,7,14H2. The number of nitriles is 1. The molecular weight excluding hydrogens is 234 g/mol. The molecule has 18 heavy (non-hydrogen) atoms. The molecule has 1 saturated heterocycles. The molecule has 2 rings (SSSR count). The highest BCUT2D eigenvalue weighted by Gasteiger charge is 2.26. The number of phenolic OH excluding ortho intramolecular Hbond substituents is 1. The number of phenols is 1. The molecule has 0 aromatic heterocycles. The fraction of sp³-hybridized carbons (Fsp3) is 0.333. The third-order valence-electron chi connectivity index (χ3n) is 2.80. The molecule has 1 unspecified atom stereocenters. The number of nitrogens with zero attached hydrogens (tertiary/aromatic N) is 2. The Morgan fingerprint density at radius 1 is 1.61 bits per heavy atom. The van der Waals surface area contributed by atoms with Crippen LogP contribution in [0.3, 0.4) is 0 Å². The number of anilines is 1. The zero-order chi connectivity index (χ0) is 13.1. The first kappa shape index (κ1) is 12.2. The minimum atomic E-state index is -0.620. The Balaban J connectivity index is 2.21. The molecule has 0 radical (unpaired) electrons. The van der Waals surface area contributed by atoms with Gasteiger partial charge in [-0.25, -0.2) is 0 Å². The van der Waals surface area contributed by atoms with E-state index in [9.17, 15) is 9.90 Å². The molecule has 0 bridgehead atoms. The van der Waals surface area contributed by atoms with Gasteiger partial charge in [0.25, 0.3) is 5.91 Å². The van der Waals surface area contributed by atoms with Crippen LogP contribution in [0.4, 0.5) is 5.69 Å². The topological polar surface area (TPSA) is 99.6 Å². The number of rotatable bonds is 1. The molecule has 94 valence electrons. The van der Waals surface area contributed by atoms with E-state index in [1.54, 1.807) is 6.07 Å². The van der Waals surface area contributed by atoms with Gasteiger partial charge < -0.3 is 20.5 Å². The maximum atomic E-state index is 12.2. The van der Waals surface area contributed by atoms with Gasteiger partial charge in [0.15, 0.2) is 11.9 Å². The summed E-state index contributed by atoms with van der Waals surface area (Å²) in [5.41, 5.74) is 5.85. The molecule has 0 aliphatic carbocycles. The van der Waals surface area contributed by atoms with Gasteiger partial charge in [-0.2, -0.15) is 5.26 Å². The van der Waals surface area contributed by atoms with Crippen LogP contribution in [0.2, 0.25) is 0 Å². The molecule has 3 N–H and O–H groups in total. The second kappa shape index (κ2) is 4.94. The van der Waals surface area contributed by atoms with Crippen molar-refractivity contribution in [2.24, 2.45) is 0 Å². The van der Waals surface area contributed by atoms with Gasteiger partial charge in [-0.3, -0.25) is 4.79 Å². The molecule has 6 nitrogen and oxygen atoms in total. The number of hydrogen-bond donors (Lipinski definition) is 2. The number of nitrogen functional groups attached to an aromatic ring is 1. The van der Waals surface area contributed by atoms with Gasteiger partial charge in [0.05, 0.1) is 30.5 Å². The molecule has 6 heteroatoms. The largest absolute Gasteiger partial charge is 0.505 e. The SMILES string of the molecule is N#CC1CN(C(=O)c2cccc(N)c2O)CCO1. The second-order valence-electron chi connectivity index (χ2n) is 3.98. The van der Waals surface area contributed by atoms with Gasteiger partial charge >= 0.3 is 0 Å². The Morgan fingerprint density at radius 2 is 2.39 bits per heavy atom. The van der Waals surface area contributed by atoms with Crippen LogP contribution in [0.5, 0.6) is 5.75 Å². The van der Waals surface area contributed by atoms with E-state index >= 15 is 0 Å². The first-order valence-electron chi connectivity index (χ1n) is 5.51. The number of carbonyl (C=O) groups excluding carboxylic acids is 1. The molecule has 1 heterocycles. The van der Waals surface area contributed by atoms with Crippen molar-refractivity contribution in [3.8, 4) is 11.8 Å². The minimum absolute atomic E-state index is 0.147. The highest BCUT2D eigenvalue weighted by atomic mass is 16.5. The predicted octanol–water partition coefficient (Wildman–Crippen LogP) is 0.339. The van der Waals surface area contributed by atoms with Crippen molar-refractivity contribution in [1.82, 2.24) is 4.90 Å². The fourth-order valence-corrected chi connectivity index (χ4v) is 1.82. The summed E-state index contributed by atoms with van der Waals surface area (Å²) in [4.78, 5) is 13.7. The lowest BCUT2D eigenvalue weighted by Gasteiger charge is -2.30. The van der Waals surface area contributed by atoms with Gasteiger partial charge in [0, 0.05) is 6.54 Å². The van der Waals surface area contributed by atoms with Crippen LogP contribution in [0.1, 0.15) is 10.4 Å². The van der Waals surface area contributed by atoms with Crippen LogP contribution >= 0.6 is 0 Å². The first-order chi connectivity index (χ1) is 8.63. The van der Waals surface area contributed by atoms with E-state index < -0.39 is 6.10 Å². The van der Waals surface area contributed by atoms with Crippen molar-refractivity contribution in [2.45, 2.75) is 6.10 Å². The van der Waals surface area contributed by atoms with Crippen LogP contribution in [0.15, 0.2) is 18.2 Å². The average Bonchev–Trinajstić information content (AvgIpc) is 2.41. The minimum Gasteiger partial charge on any atom is -0.505 e. The van der Waals surface area contributed by atoms with Crippen LogP contribution in [0, 0.1) is 11.3 Å². The highest BCUT2D eigenvalue weighted by molar-refractivity contribution is 5.98. The first-order valence-corrected chi connectivity index (χ1v) is 5.51. The Bertz CT molecular complexity index is 510. The number of benzene rings is 1. The predicted molar refractivity (Wildman–Crippen MR) is 63.8 cm³/mol. The maximum absolute atomic E-state index is 12.2. The highest BCUT2D eigenvalue weighted by Crippen LogP contribution is 2.26. The summed E-state index contributed by atoms with van der Waals surface area (Å²) >= 11 is 0. The number of hydrogen-bond acceptors (Lipinski definition) is 5. The Morgan fingerprint density at radius 3 is 3.11 bits per heavy atom. The summed E-state index contributed by atoms with van der Waals surface area (Å²) in [6, 6.07) is 6.59. The van der Waals surface area contributed by atoms with E-state index in [1.807, 2.05) is 6.07 Å². The number of para-hydroxylation sites is 1. The molecule has 1 atom stereocenters. The lowest BCUT2D eigenvalue weighted by molar-refractivity contribution is 0.00335. The maximum Gasteiger partial charge on any atom is 0.257 e. The quantitative estimate of drug-likeness (QED) is 0.550. The molecule has 0 spiro atoms. The van der Waals surface area contributed by atoms with E-state index in [0.29, 0.717) is 13.2 Å². The van der Waals surface area contributed by atoms with Crippen molar-refractivity contribution >= 4 is 11.6 Å². The van der Waals surface area contributed by atoms with Crippen molar-refractivity contribution < 1.29 is 14.6 Å². The molecular formula is C12H13N3O3. The van der Waals surface area contributed by atoms with Gasteiger partial charge in [-0.1, -0.05) is 6.07 Å². The second-order valence-corrected chi connectivity index (χ2v) is 3.98. The Labute approximate surface area is 104 Å². The average molecular weight is 247 g/mol. The van der Waals surface area contributed by atoms with E-state index in [0.717, 1.165) is 0 Å². The van der Waals surface area contributed by atoms with Crippen LogP contribution < -0.4 is 5.73 Å². The van der Waals surface area contributed by atoms with Gasteiger partial charge in [-0.05, 0) is 12.1 Å². The molecule has 1 amide bonds. The number of morpholine rings is 1.